The molecule has 0 N–H and O–H groups in total. The number of hydrogen-bond acceptors (Lipinski definition) is 4. The minimum atomic E-state index is 0.770. The summed E-state index contributed by atoms with van der Waals surface area (Å²) in [6.07, 6.45) is 0. The zero-order chi connectivity index (χ0) is 23.3. The van der Waals surface area contributed by atoms with E-state index in [-0.39, 0.29) is 0 Å². The summed E-state index contributed by atoms with van der Waals surface area (Å²) in [7, 11) is 3.34. The second kappa shape index (κ2) is 6.48. The third-order valence-electron chi connectivity index (χ3n) is 7.12. The Bertz CT molecular complexity index is 1950. The summed E-state index contributed by atoms with van der Waals surface area (Å²) < 4.78 is 26.2. The molecule has 168 valence electrons. The number of benzene rings is 4. The van der Waals surface area contributed by atoms with Crippen LogP contribution < -0.4 is 9.47 Å². The number of fused-ring (bicyclic) bond motifs is 10. The van der Waals surface area contributed by atoms with Crippen LogP contribution >= 0.6 is 0 Å². The summed E-state index contributed by atoms with van der Waals surface area (Å²) >= 11 is 0. The lowest BCUT2D eigenvalue weighted by atomic mass is 10.0. The van der Waals surface area contributed by atoms with E-state index < -0.39 is 0 Å². The first-order valence-corrected chi connectivity index (χ1v) is 11.5. The first-order chi connectivity index (χ1) is 17.2. The van der Waals surface area contributed by atoms with Gasteiger partial charge in [-0.1, -0.05) is 30.3 Å². The van der Waals surface area contributed by atoms with Gasteiger partial charge >= 0.3 is 0 Å². The number of rotatable bonds is 3. The van der Waals surface area contributed by atoms with Crippen molar-refractivity contribution in [1.82, 2.24) is 4.40 Å². The Hall–Kier alpha value is -4.64. The van der Waals surface area contributed by atoms with Crippen molar-refractivity contribution in [3.63, 3.8) is 0 Å². The molecule has 8 aromatic rings. The van der Waals surface area contributed by atoms with E-state index >= 15 is 0 Å². The van der Waals surface area contributed by atoms with Gasteiger partial charge in [0, 0.05) is 33.7 Å². The van der Waals surface area contributed by atoms with Crippen LogP contribution in [0, 0.1) is 0 Å². The number of nitrogens with zero attached hydrogens (tertiary/aromatic N) is 1. The van der Waals surface area contributed by atoms with E-state index in [0.717, 1.165) is 83.1 Å². The maximum atomic E-state index is 6.50. The van der Waals surface area contributed by atoms with Crippen LogP contribution in [0.3, 0.4) is 0 Å². The van der Waals surface area contributed by atoms with Gasteiger partial charge < -0.3 is 22.7 Å². The number of aromatic nitrogens is 1. The molecule has 0 aliphatic heterocycles. The summed E-state index contributed by atoms with van der Waals surface area (Å²) in [5.74, 6) is 1.54. The maximum Gasteiger partial charge on any atom is 0.161 e. The molecule has 8 rings (SSSR count). The van der Waals surface area contributed by atoms with Crippen molar-refractivity contribution in [1.29, 1.82) is 0 Å². The van der Waals surface area contributed by atoms with Gasteiger partial charge in [0.2, 0.25) is 0 Å². The van der Waals surface area contributed by atoms with Gasteiger partial charge in [0.15, 0.2) is 11.2 Å². The molecule has 0 fully saturated rings. The van der Waals surface area contributed by atoms with E-state index in [9.17, 15) is 0 Å². The third-order valence-corrected chi connectivity index (χ3v) is 7.12. The monoisotopic (exact) mass is 457 g/mol. The van der Waals surface area contributed by atoms with Gasteiger partial charge in [-0.3, -0.25) is 0 Å². The molecule has 4 heterocycles. The molecule has 0 atom stereocenters. The Kier molecular flexibility index (Phi) is 3.47. The number of hydrogen-bond donors (Lipinski definition) is 0. The van der Waals surface area contributed by atoms with Gasteiger partial charge in [-0.25, -0.2) is 0 Å². The molecule has 5 heteroatoms. The lowest BCUT2D eigenvalue weighted by Gasteiger charge is -2.03. The summed E-state index contributed by atoms with van der Waals surface area (Å²) in [5, 5.41) is 4.22. The molecular formula is C30H19NO4. The Morgan fingerprint density at radius 1 is 0.543 bits per heavy atom. The number of ether oxygens (including phenoxy) is 2. The zero-order valence-electron chi connectivity index (χ0n) is 19.1. The summed E-state index contributed by atoms with van der Waals surface area (Å²) in [6.45, 7) is 0. The van der Waals surface area contributed by atoms with E-state index in [1.165, 1.54) is 0 Å². The third kappa shape index (κ3) is 2.32. The first kappa shape index (κ1) is 18.7. The standard InChI is InChI=1S/C30H19NO4/c1-32-18-8-10-20-24(14-18)34-29-22-12-17(16-6-4-3-5-7-16)13-23-26(22)31(27(20)29)28-21-11-9-19(33-2)15-25(21)35-30(23)28/h3-15H,1-2H3. The van der Waals surface area contributed by atoms with Crippen molar-refractivity contribution in [2.24, 2.45) is 0 Å². The highest BCUT2D eigenvalue weighted by Crippen LogP contribution is 2.47. The van der Waals surface area contributed by atoms with E-state index in [4.69, 9.17) is 18.3 Å². The highest BCUT2D eigenvalue weighted by molar-refractivity contribution is 6.29. The van der Waals surface area contributed by atoms with Crippen LogP contribution in [-0.2, 0) is 0 Å². The average molecular weight is 457 g/mol. The molecular weight excluding hydrogens is 438 g/mol. The molecule has 0 spiro atoms. The lowest BCUT2D eigenvalue weighted by Crippen LogP contribution is -1.84. The minimum absolute atomic E-state index is 0.770. The van der Waals surface area contributed by atoms with Crippen LogP contribution in [0.5, 0.6) is 11.5 Å². The topological polar surface area (TPSA) is 49.2 Å². The summed E-state index contributed by atoms with van der Waals surface area (Å²) in [4.78, 5) is 0. The zero-order valence-corrected chi connectivity index (χ0v) is 19.1. The Labute approximate surface area is 199 Å². The predicted octanol–water partition coefficient (Wildman–Crippen LogP) is 8.01. The van der Waals surface area contributed by atoms with Gasteiger partial charge in [-0.15, -0.1) is 0 Å². The molecule has 0 unspecified atom stereocenters. The SMILES string of the molecule is COc1ccc2c(c1)oc1c3cc(-c4ccccc4)cc4c5oc6cc(OC)ccc6c5n(c34)c21. The summed E-state index contributed by atoms with van der Waals surface area (Å²) in [6, 6.07) is 26.9. The molecule has 4 aromatic carbocycles. The van der Waals surface area contributed by atoms with Crippen LogP contribution in [0.2, 0.25) is 0 Å². The summed E-state index contributed by atoms with van der Waals surface area (Å²) in [5.41, 5.74) is 8.81. The van der Waals surface area contributed by atoms with Crippen LogP contribution in [0.25, 0.3) is 71.6 Å². The normalized spacial score (nSPS) is 12.3. The molecule has 35 heavy (non-hydrogen) atoms. The van der Waals surface area contributed by atoms with Gasteiger partial charge in [0.05, 0.1) is 19.7 Å². The van der Waals surface area contributed by atoms with Crippen LogP contribution in [0.4, 0.5) is 0 Å². The van der Waals surface area contributed by atoms with Crippen LogP contribution in [0.1, 0.15) is 0 Å². The molecule has 0 aliphatic rings. The lowest BCUT2D eigenvalue weighted by molar-refractivity contribution is 0.414. The fourth-order valence-corrected chi connectivity index (χ4v) is 5.54. The molecule has 0 saturated heterocycles. The highest BCUT2D eigenvalue weighted by Gasteiger charge is 2.26. The van der Waals surface area contributed by atoms with Gasteiger partial charge in [0.1, 0.15) is 33.7 Å². The van der Waals surface area contributed by atoms with Crippen molar-refractivity contribution in [3.8, 4) is 22.6 Å². The molecule has 5 nitrogen and oxygen atoms in total. The van der Waals surface area contributed by atoms with Crippen molar-refractivity contribution in [2.75, 3.05) is 14.2 Å². The Morgan fingerprint density at radius 3 is 1.60 bits per heavy atom. The van der Waals surface area contributed by atoms with Crippen molar-refractivity contribution < 1.29 is 18.3 Å². The van der Waals surface area contributed by atoms with Crippen molar-refractivity contribution in [2.45, 2.75) is 0 Å². The average Bonchev–Trinajstić information content (AvgIpc) is 3.62. The molecule has 4 aromatic heterocycles. The number of methoxy groups -OCH3 is 2. The quantitative estimate of drug-likeness (QED) is 0.270. The fraction of sp³-hybridized carbons (Fsp3) is 0.0667. The van der Waals surface area contributed by atoms with Crippen LogP contribution in [-0.4, -0.2) is 18.6 Å². The van der Waals surface area contributed by atoms with E-state index in [0.29, 0.717) is 0 Å². The molecule has 0 amide bonds. The molecule has 0 radical (unpaired) electrons. The van der Waals surface area contributed by atoms with E-state index in [1.54, 1.807) is 14.2 Å². The van der Waals surface area contributed by atoms with E-state index in [2.05, 4.69) is 52.9 Å². The molecule has 0 bridgehead atoms. The van der Waals surface area contributed by atoms with Gasteiger partial charge in [0.25, 0.3) is 0 Å². The fourth-order valence-electron chi connectivity index (χ4n) is 5.54. The highest BCUT2D eigenvalue weighted by atomic mass is 16.5. The van der Waals surface area contributed by atoms with Gasteiger partial charge in [-0.05, 0) is 47.5 Å². The smallest absolute Gasteiger partial charge is 0.161 e. The van der Waals surface area contributed by atoms with Gasteiger partial charge in [-0.2, -0.15) is 0 Å². The molecule has 0 aliphatic carbocycles. The largest absolute Gasteiger partial charge is 0.497 e. The number of furan rings is 2. The second-order valence-corrected chi connectivity index (χ2v) is 8.91. The minimum Gasteiger partial charge on any atom is -0.497 e. The van der Waals surface area contributed by atoms with Crippen molar-refractivity contribution >= 4 is 60.4 Å². The Balaban J connectivity index is 1.63. The van der Waals surface area contributed by atoms with E-state index in [1.807, 2.05) is 30.3 Å². The Morgan fingerprint density at radius 2 is 1.09 bits per heavy atom. The first-order valence-electron chi connectivity index (χ1n) is 11.5. The predicted molar refractivity (Wildman–Crippen MR) is 139 cm³/mol. The van der Waals surface area contributed by atoms with Crippen LogP contribution in [0.15, 0.2) is 87.7 Å². The van der Waals surface area contributed by atoms with Crippen molar-refractivity contribution in [3.05, 3.63) is 78.9 Å². The second-order valence-electron chi connectivity index (χ2n) is 8.91. The maximum absolute atomic E-state index is 6.50. The molecule has 0 saturated carbocycles.